The molecule has 20 heavy (non-hydrogen) atoms. The second-order valence-electron chi connectivity index (χ2n) is 6.70. The third-order valence-corrected chi connectivity index (χ3v) is 5.03. The quantitative estimate of drug-likeness (QED) is 0.795. The van der Waals surface area contributed by atoms with Crippen molar-refractivity contribution in [3.05, 3.63) is 35.1 Å². The minimum absolute atomic E-state index is 0.0411. The zero-order valence-electron chi connectivity index (χ0n) is 12.5. The van der Waals surface area contributed by atoms with Crippen molar-refractivity contribution in [3.8, 4) is 0 Å². The van der Waals surface area contributed by atoms with Gasteiger partial charge in [0.25, 0.3) is 0 Å². The van der Waals surface area contributed by atoms with Gasteiger partial charge < -0.3 is 5.32 Å². The molecular formula is C18H26FN. The molecule has 2 unspecified atom stereocenters. The average molecular weight is 275 g/mol. The molecule has 3 rings (SSSR count). The lowest BCUT2D eigenvalue weighted by atomic mass is 9.82. The Morgan fingerprint density at radius 2 is 1.90 bits per heavy atom. The van der Waals surface area contributed by atoms with Crippen molar-refractivity contribution in [2.75, 3.05) is 6.54 Å². The molecule has 2 heteroatoms. The molecule has 2 aliphatic rings. The molecule has 0 aromatic heterocycles. The van der Waals surface area contributed by atoms with E-state index < -0.39 is 0 Å². The minimum atomic E-state index is -0.0411. The lowest BCUT2D eigenvalue weighted by molar-refractivity contribution is 0.373. The lowest BCUT2D eigenvalue weighted by Gasteiger charge is -2.26. The maximum atomic E-state index is 13.9. The Kier molecular flexibility index (Phi) is 4.40. The number of benzene rings is 1. The fraction of sp³-hybridized carbons (Fsp3) is 0.667. The van der Waals surface area contributed by atoms with Crippen molar-refractivity contribution in [1.82, 2.24) is 5.32 Å². The summed E-state index contributed by atoms with van der Waals surface area (Å²) in [5, 5.41) is 3.69. The van der Waals surface area contributed by atoms with Crippen molar-refractivity contribution >= 4 is 0 Å². The predicted molar refractivity (Wildman–Crippen MR) is 81.5 cm³/mol. The Morgan fingerprint density at radius 1 is 1.10 bits per heavy atom. The van der Waals surface area contributed by atoms with Crippen LogP contribution in [-0.4, -0.2) is 12.6 Å². The molecule has 0 bridgehead atoms. The van der Waals surface area contributed by atoms with E-state index in [1.165, 1.54) is 50.5 Å². The van der Waals surface area contributed by atoms with E-state index in [1.54, 1.807) is 6.07 Å². The highest BCUT2D eigenvalue weighted by Crippen LogP contribution is 2.37. The summed E-state index contributed by atoms with van der Waals surface area (Å²) >= 11 is 0. The monoisotopic (exact) mass is 275 g/mol. The van der Waals surface area contributed by atoms with Gasteiger partial charge in [-0.15, -0.1) is 0 Å². The third-order valence-electron chi connectivity index (χ3n) is 5.03. The van der Waals surface area contributed by atoms with Crippen LogP contribution in [0.25, 0.3) is 0 Å². The summed E-state index contributed by atoms with van der Waals surface area (Å²) in [5.41, 5.74) is 1.98. The molecule has 0 aliphatic heterocycles. The summed E-state index contributed by atoms with van der Waals surface area (Å²) in [5.74, 6) is 1.18. The van der Waals surface area contributed by atoms with Crippen LogP contribution in [0.4, 0.5) is 4.39 Å². The fourth-order valence-corrected chi connectivity index (χ4v) is 3.51. The van der Waals surface area contributed by atoms with Crippen LogP contribution in [0.1, 0.15) is 62.0 Å². The SMILES string of the molecule is Cc1ccc(C2CCCCCC2CNC2CC2)cc1F. The highest BCUT2D eigenvalue weighted by Gasteiger charge is 2.28. The van der Waals surface area contributed by atoms with Crippen molar-refractivity contribution in [1.29, 1.82) is 0 Å². The molecule has 0 saturated heterocycles. The van der Waals surface area contributed by atoms with Crippen molar-refractivity contribution in [2.45, 2.75) is 63.8 Å². The van der Waals surface area contributed by atoms with E-state index in [1.807, 2.05) is 13.0 Å². The molecule has 0 spiro atoms. The fourth-order valence-electron chi connectivity index (χ4n) is 3.51. The summed E-state index contributed by atoms with van der Waals surface area (Å²) in [6.45, 7) is 2.96. The van der Waals surface area contributed by atoms with Crippen molar-refractivity contribution < 1.29 is 4.39 Å². The molecule has 2 atom stereocenters. The minimum Gasteiger partial charge on any atom is -0.314 e. The van der Waals surface area contributed by atoms with E-state index in [2.05, 4.69) is 11.4 Å². The van der Waals surface area contributed by atoms with Crippen LogP contribution >= 0.6 is 0 Å². The van der Waals surface area contributed by atoms with E-state index in [4.69, 9.17) is 0 Å². The first-order valence-electron chi connectivity index (χ1n) is 8.23. The van der Waals surface area contributed by atoms with E-state index in [0.29, 0.717) is 11.8 Å². The first-order valence-corrected chi connectivity index (χ1v) is 8.23. The Balaban J connectivity index is 1.75. The molecule has 1 aromatic carbocycles. The largest absolute Gasteiger partial charge is 0.314 e. The van der Waals surface area contributed by atoms with Crippen LogP contribution in [-0.2, 0) is 0 Å². The number of rotatable bonds is 4. The van der Waals surface area contributed by atoms with Gasteiger partial charge in [-0.05, 0) is 68.2 Å². The van der Waals surface area contributed by atoms with E-state index in [9.17, 15) is 4.39 Å². The van der Waals surface area contributed by atoms with Gasteiger partial charge in [-0.2, -0.15) is 0 Å². The molecule has 2 saturated carbocycles. The third kappa shape index (κ3) is 3.41. The smallest absolute Gasteiger partial charge is 0.126 e. The van der Waals surface area contributed by atoms with Crippen LogP contribution in [0.2, 0.25) is 0 Å². The standard InChI is InChI=1S/C18H26FN/c1-13-7-8-14(11-18(13)19)17-6-4-2-3-5-15(17)12-20-16-9-10-16/h7-8,11,15-17,20H,2-6,9-10,12H2,1H3. The molecule has 1 N–H and O–H groups in total. The maximum absolute atomic E-state index is 13.9. The normalized spacial score (nSPS) is 27.3. The number of nitrogens with one attached hydrogen (secondary N) is 1. The molecule has 2 fully saturated rings. The molecule has 1 aromatic rings. The first-order chi connectivity index (χ1) is 9.74. The highest BCUT2D eigenvalue weighted by molar-refractivity contribution is 5.27. The molecule has 0 radical (unpaired) electrons. The number of hydrogen-bond donors (Lipinski definition) is 1. The van der Waals surface area contributed by atoms with E-state index in [0.717, 1.165) is 18.2 Å². The zero-order chi connectivity index (χ0) is 13.9. The second-order valence-corrected chi connectivity index (χ2v) is 6.70. The Bertz CT molecular complexity index is 453. The summed E-state index contributed by atoms with van der Waals surface area (Å²) in [6.07, 6.45) is 9.17. The lowest BCUT2D eigenvalue weighted by Crippen LogP contribution is -2.28. The summed E-state index contributed by atoms with van der Waals surface area (Å²) in [7, 11) is 0. The maximum Gasteiger partial charge on any atom is 0.126 e. The van der Waals surface area contributed by atoms with Gasteiger partial charge in [0.05, 0.1) is 0 Å². The van der Waals surface area contributed by atoms with Gasteiger partial charge in [0.2, 0.25) is 0 Å². The average Bonchev–Trinajstić information content (AvgIpc) is 3.25. The molecule has 110 valence electrons. The zero-order valence-corrected chi connectivity index (χ0v) is 12.5. The summed E-state index contributed by atoms with van der Waals surface area (Å²) < 4.78 is 13.9. The number of hydrogen-bond acceptors (Lipinski definition) is 1. The molecule has 1 nitrogen and oxygen atoms in total. The van der Waals surface area contributed by atoms with Crippen LogP contribution in [0.5, 0.6) is 0 Å². The van der Waals surface area contributed by atoms with Crippen LogP contribution in [0, 0.1) is 18.7 Å². The Hall–Kier alpha value is -0.890. The van der Waals surface area contributed by atoms with E-state index in [-0.39, 0.29) is 5.82 Å². The summed E-state index contributed by atoms with van der Waals surface area (Å²) in [6, 6.07) is 6.66. The molecule has 0 heterocycles. The van der Waals surface area contributed by atoms with Crippen LogP contribution in [0.15, 0.2) is 18.2 Å². The van der Waals surface area contributed by atoms with Gasteiger partial charge >= 0.3 is 0 Å². The number of aryl methyl sites for hydroxylation is 1. The molecular weight excluding hydrogens is 249 g/mol. The van der Waals surface area contributed by atoms with Crippen molar-refractivity contribution in [2.24, 2.45) is 5.92 Å². The van der Waals surface area contributed by atoms with Gasteiger partial charge in [0, 0.05) is 6.04 Å². The van der Waals surface area contributed by atoms with Gasteiger partial charge in [-0.1, -0.05) is 31.4 Å². The molecule has 0 amide bonds. The summed E-state index contributed by atoms with van der Waals surface area (Å²) in [4.78, 5) is 0. The van der Waals surface area contributed by atoms with Gasteiger partial charge in [0.1, 0.15) is 5.82 Å². The second kappa shape index (κ2) is 6.26. The molecule has 2 aliphatic carbocycles. The van der Waals surface area contributed by atoms with Gasteiger partial charge in [-0.3, -0.25) is 0 Å². The number of halogens is 1. The van der Waals surface area contributed by atoms with Gasteiger partial charge in [0.15, 0.2) is 0 Å². The van der Waals surface area contributed by atoms with Crippen LogP contribution < -0.4 is 5.32 Å². The first kappa shape index (κ1) is 14.1. The van der Waals surface area contributed by atoms with Crippen molar-refractivity contribution in [3.63, 3.8) is 0 Å². The van der Waals surface area contributed by atoms with E-state index >= 15 is 0 Å². The topological polar surface area (TPSA) is 12.0 Å². The predicted octanol–water partition coefficient (Wildman–Crippen LogP) is 4.55. The highest BCUT2D eigenvalue weighted by atomic mass is 19.1. The van der Waals surface area contributed by atoms with Gasteiger partial charge in [-0.25, -0.2) is 4.39 Å². The Morgan fingerprint density at radius 3 is 2.65 bits per heavy atom. The Labute approximate surface area is 122 Å². The van der Waals surface area contributed by atoms with Crippen LogP contribution in [0.3, 0.4) is 0 Å².